The van der Waals surface area contributed by atoms with E-state index in [-0.39, 0.29) is 35.7 Å². The quantitative estimate of drug-likeness (QED) is 0.240. The maximum Gasteiger partial charge on any atom is 0.248 e. The highest BCUT2D eigenvalue weighted by Crippen LogP contribution is 2.61. The molecule has 1 spiro atoms. The van der Waals surface area contributed by atoms with Crippen molar-refractivity contribution in [3.63, 3.8) is 0 Å². The van der Waals surface area contributed by atoms with E-state index in [1.807, 2.05) is 60.7 Å². The Balaban J connectivity index is 1.60. The molecule has 2 bridgehead atoms. The molecule has 3 fully saturated rings. The van der Waals surface area contributed by atoms with Gasteiger partial charge in [0.15, 0.2) is 0 Å². The van der Waals surface area contributed by atoms with E-state index in [4.69, 9.17) is 4.74 Å². The molecule has 3 heterocycles. The van der Waals surface area contributed by atoms with Crippen LogP contribution in [0.1, 0.15) is 31.7 Å². The van der Waals surface area contributed by atoms with Crippen molar-refractivity contribution in [1.82, 2.24) is 9.80 Å². The van der Waals surface area contributed by atoms with Crippen LogP contribution in [-0.2, 0) is 25.5 Å². The van der Waals surface area contributed by atoms with Gasteiger partial charge >= 0.3 is 0 Å². The lowest BCUT2D eigenvalue weighted by Crippen LogP contribution is -2.59. The number of hydrogen-bond acceptors (Lipinski definition) is 5. The number of anilines is 1. The summed E-state index contributed by atoms with van der Waals surface area (Å²) in [6.07, 6.45) is 5.22. The third-order valence-electron chi connectivity index (χ3n) is 9.25. The number of ether oxygens (including phenoxy) is 1. The number of rotatable bonds is 14. The van der Waals surface area contributed by atoms with Crippen molar-refractivity contribution >= 4 is 39.3 Å². The molecule has 44 heavy (non-hydrogen) atoms. The summed E-state index contributed by atoms with van der Waals surface area (Å²) in [5.74, 6) is -2.49. The zero-order valence-electron chi connectivity index (χ0n) is 25.3. The van der Waals surface area contributed by atoms with Crippen LogP contribution in [0.25, 0.3) is 0 Å². The number of fused-ring (bicyclic) bond motifs is 1. The molecule has 234 valence electrons. The van der Waals surface area contributed by atoms with Gasteiger partial charge in [0.1, 0.15) is 11.6 Å². The first-order valence-electron chi connectivity index (χ1n) is 15.5. The number of carbonyl (C=O) groups is 3. The SMILES string of the molecule is C=CCN(CCCC)C(=O)C1N([C@@H](CO)Cc2ccccc2)C(=O)[C@@H]2[C@H](C(=O)N(CC=C)c3ccccc3)[C@H]3OC12CC3Br. The molecule has 3 saturated heterocycles. The molecule has 3 aliphatic rings. The Morgan fingerprint density at radius 1 is 1.09 bits per heavy atom. The molecular weight excluding hydrogens is 622 g/mol. The van der Waals surface area contributed by atoms with Gasteiger partial charge in [0.2, 0.25) is 17.7 Å². The first kappa shape index (κ1) is 32.1. The normalized spacial score (nSPS) is 27.6. The van der Waals surface area contributed by atoms with Crippen LogP contribution in [-0.4, -0.2) is 87.5 Å². The number of halogens is 1. The van der Waals surface area contributed by atoms with Crippen LogP contribution >= 0.6 is 15.9 Å². The van der Waals surface area contributed by atoms with Gasteiger partial charge in [0.25, 0.3) is 0 Å². The first-order valence-corrected chi connectivity index (χ1v) is 16.4. The minimum Gasteiger partial charge on any atom is -0.394 e. The minimum atomic E-state index is -1.22. The molecular formula is C35H42BrN3O5. The molecule has 1 N–H and O–H groups in total. The molecule has 5 rings (SSSR count). The molecule has 2 aromatic carbocycles. The fraction of sp³-hybridized carbons (Fsp3) is 0.457. The average Bonchev–Trinajstić information content (AvgIpc) is 3.64. The lowest BCUT2D eigenvalue weighted by Gasteiger charge is -2.39. The lowest BCUT2D eigenvalue weighted by atomic mass is 9.70. The second-order valence-corrected chi connectivity index (χ2v) is 13.1. The summed E-state index contributed by atoms with van der Waals surface area (Å²) in [6.45, 7) is 10.6. The Hall–Kier alpha value is -3.27. The third-order valence-corrected chi connectivity index (χ3v) is 10.1. The van der Waals surface area contributed by atoms with Gasteiger partial charge in [-0.2, -0.15) is 0 Å². The van der Waals surface area contributed by atoms with Gasteiger partial charge in [0, 0.05) is 30.1 Å². The number of unbranched alkanes of at least 4 members (excludes halogenated alkanes) is 1. The number of hydrogen-bond donors (Lipinski definition) is 1. The highest BCUT2D eigenvalue weighted by Gasteiger charge is 2.77. The van der Waals surface area contributed by atoms with E-state index in [1.165, 1.54) is 0 Å². The standard InChI is InChI=1S/C35H42BrN3O5/c1-4-7-20-37(18-5-2)34(43)31-35-22-27(36)30(44-35)28(32(41)38(19-6-3)25-16-12-9-13-17-25)29(35)33(42)39(31)26(23-40)21-24-14-10-8-11-15-24/h5-6,8-17,26-31,40H,2-4,7,18-23H2,1H3/t26-,27?,28+,29+,30+,31?,35?/m1/s1. The average molecular weight is 665 g/mol. The van der Waals surface area contributed by atoms with Crippen molar-refractivity contribution in [2.75, 3.05) is 31.1 Å². The van der Waals surface area contributed by atoms with Gasteiger partial charge < -0.3 is 24.5 Å². The molecule has 0 aromatic heterocycles. The van der Waals surface area contributed by atoms with E-state index in [0.29, 0.717) is 31.6 Å². The van der Waals surface area contributed by atoms with Crippen molar-refractivity contribution in [2.24, 2.45) is 11.8 Å². The van der Waals surface area contributed by atoms with Gasteiger partial charge in [0.05, 0.1) is 30.6 Å². The fourth-order valence-electron chi connectivity index (χ4n) is 7.37. The van der Waals surface area contributed by atoms with Gasteiger partial charge in [-0.15, -0.1) is 13.2 Å². The van der Waals surface area contributed by atoms with E-state index >= 15 is 0 Å². The summed E-state index contributed by atoms with van der Waals surface area (Å²) in [6, 6.07) is 17.3. The maximum atomic E-state index is 14.7. The summed E-state index contributed by atoms with van der Waals surface area (Å²) in [4.78, 5) is 48.6. The van der Waals surface area contributed by atoms with Gasteiger partial charge in [-0.1, -0.05) is 90.0 Å². The van der Waals surface area contributed by atoms with Crippen LogP contribution in [0.3, 0.4) is 0 Å². The monoisotopic (exact) mass is 663 g/mol. The molecule has 0 aliphatic carbocycles. The van der Waals surface area contributed by atoms with Crippen LogP contribution in [0.4, 0.5) is 5.69 Å². The largest absolute Gasteiger partial charge is 0.394 e. The Morgan fingerprint density at radius 3 is 2.36 bits per heavy atom. The number of aliphatic hydroxyl groups is 1. The Kier molecular flexibility index (Phi) is 10.1. The highest BCUT2D eigenvalue weighted by molar-refractivity contribution is 9.09. The Bertz CT molecular complexity index is 1360. The number of benzene rings is 2. The minimum absolute atomic E-state index is 0.234. The predicted octanol–water partition coefficient (Wildman–Crippen LogP) is 4.37. The van der Waals surface area contributed by atoms with Crippen LogP contribution in [0, 0.1) is 11.8 Å². The van der Waals surface area contributed by atoms with Gasteiger partial charge in [-0.3, -0.25) is 14.4 Å². The fourth-order valence-corrected chi connectivity index (χ4v) is 8.31. The third kappa shape index (κ3) is 5.66. The molecule has 3 unspecified atom stereocenters. The smallest absolute Gasteiger partial charge is 0.248 e. The van der Waals surface area contributed by atoms with Crippen molar-refractivity contribution < 1.29 is 24.2 Å². The molecule has 2 aromatic rings. The molecule has 3 aliphatic heterocycles. The summed E-state index contributed by atoms with van der Waals surface area (Å²) in [5, 5.41) is 10.7. The number of carbonyl (C=O) groups excluding carboxylic acids is 3. The zero-order chi connectivity index (χ0) is 31.4. The van der Waals surface area contributed by atoms with Crippen LogP contribution in [0.5, 0.6) is 0 Å². The van der Waals surface area contributed by atoms with Crippen molar-refractivity contribution in [1.29, 1.82) is 0 Å². The summed E-state index contributed by atoms with van der Waals surface area (Å²) >= 11 is 3.78. The van der Waals surface area contributed by atoms with Crippen LogP contribution in [0.15, 0.2) is 86.0 Å². The topological polar surface area (TPSA) is 90.4 Å². The Morgan fingerprint density at radius 2 is 1.75 bits per heavy atom. The van der Waals surface area contributed by atoms with Gasteiger partial charge in [-0.05, 0) is 37.0 Å². The van der Waals surface area contributed by atoms with Crippen molar-refractivity contribution in [2.45, 2.75) is 61.2 Å². The Labute approximate surface area is 268 Å². The second-order valence-electron chi connectivity index (χ2n) is 11.9. The summed E-state index contributed by atoms with van der Waals surface area (Å²) in [5.41, 5.74) is 0.412. The van der Waals surface area contributed by atoms with Crippen LogP contribution < -0.4 is 4.90 Å². The number of likely N-dealkylation sites (tertiary alicyclic amines) is 1. The van der Waals surface area contributed by atoms with E-state index < -0.39 is 35.6 Å². The number of para-hydroxylation sites is 1. The van der Waals surface area contributed by atoms with Crippen molar-refractivity contribution in [3.05, 3.63) is 91.5 Å². The van der Waals surface area contributed by atoms with Gasteiger partial charge in [-0.25, -0.2) is 0 Å². The van der Waals surface area contributed by atoms with Crippen molar-refractivity contribution in [3.8, 4) is 0 Å². The molecule has 9 heteroatoms. The van der Waals surface area contributed by atoms with E-state index in [1.54, 1.807) is 26.9 Å². The van der Waals surface area contributed by atoms with E-state index in [2.05, 4.69) is 36.0 Å². The second kappa shape index (κ2) is 13.8. The zero-order valence-corrected chi connectivity index (χ0v) is 26.8. The number of alkyl halides is 1. The first-order chi connectivity index (χ1) is 21.3. The lowest BCUT2D eigenvalue weighted by molar-refractivity contribution is -0.151. The maximum absolute atomic E-state index is 14.7. The van der Waals surface area contributed by atoms with E-state index in [9.17, 15) is 19.5 Å². The van der Waals surface area contributed by atoms with E-state index in [0.717, 1.165) is 18.4 Å². The highest BCUT2D eigenvalue weighted by atomic mass is 79.9. The van der Waals surface area contributed by atoms with Crippen LogP contribution in [0.2, 0.25) is 0 Å². The molecule has 0 saturated carbocycles. The summed E-state index contributed by atoms with van der Waals surface area (Å²) in [7, 11) is 0. The number of amides is 3. The molecule has 8 nitrogen and oxygen atoms in total. The molecule has 3 amide bonds. The predicted molar refractivity (Wildman–Crippen MR) is 174 cm³/mol. The summed E-state index contributed by atoms with van der Waals surface area (Å²) < 4.78 is 6.77. The molecule has 0 radical (unpaired) electrons. The number of nitrogens with zero attached hydrogens (tertiary/aromatic N) is 3. The number of aliphatic hydroxyl groups excluding tert-OH is 1. The molecule has 7 atom stereocenters.